The Kier molecular flexibility index (Phi) is 5.28. The van der Waals surface area contributed by atoms with Gasteiger partial charge in [0.2, 0.25) is 0 Å². The SMILES string of the molecule is Nc1ccc(-c2cnc3cnc(-c4ccc(C(=O)N5CCC(N)CC5)c(Cl)c4)cn23)cc1. The Morgan fingerprint density at radius 1 is 1.00 bits per heavy atom. The molecule has 1 saturated heterocycles. The van der Waals surface area contributed by atoms with E-state index in [4.69, 9.17) is 23.1 Å². The normalized spacial score (nSPS) is 14.8. The molecule has 0 bridgehead atoms. The van der Waals surface area contributed by atoms with E-state index in [9.17, 15) is 4.79 Å². The molecule has 162 valence electrons. The van der Waals surface area contributed by atoms with Crippen LogP contribution in [-0.4, -0.2) is 44.3 Å². The summed E-state index contributed by atoms with van der Waals surface area (Å²) in [5.41, 5.74) is 17.2. The van der Waals surface area contributed by atoms with Gasteiger partial charge in [0, 0.05) is 42.1 Å². The summed E-state index contributed by atoms with van der Waals surface area (Å²) >= 11 is 6.53. The summed E-state index contributed by atoms with van der Waals surface area (Å²) in [5, 5.41) is 0.411. The van der Waals surface area contributed by atoms with Crippen LogP contribution in [0.1, 0.15) is 23.2 Å². The molecule has 32 heavy (non-hydrogen) atoms. The number of nitrogen functional groups attached to an aromatic ring is 1. The van der Waals surface area contributed by atoms with Gasteiger partial charge in [-0.15, -0.1) is 0 Å². The van der Waals surface area contributed by atoms with Gasteiger partial charge in [0.15, 0.2) is 5.65 Å². The first-order valence-corrected chi connectivity index (χ1v) is 10.9. The molecular formula is C24H23ClN6O. The number of aromatic nitrogens is 3. The molecule has 0 unspecified atom stereocenters. The van der Waals surface area contributed by atoms with Gasteiger partial charge in [-0.1, -0.05) is 29.8 Å². The first-order chi connectivity index (χ1) is 15.5. The van der Waals surface area contributed by atoms with Crippen molar-refractivity contribution in [1.82, 2.24) is 19.3 Å². The van der Waals surface area contributed by atoms with Crippen molar-refractivity contribution in [3.63, 3.8) is 0 Å². The van der Waals surface area contributed by atoms with E-state index in [1.165, 1.54) is 0 Å². The van der Waals surface area contributed by atoms with Crippen LogP contribution in [0.4, 0.5) is 5.69 Å². The van der Waals surface area contributed by atoms with Gasteiger partial charge in [-0.3, -0.25) is 14.2 Å². The lowest BCUT2D eigenvalue weighted by atomic mass is 10.0. The lowest BCUT2D eigenvalue weighted by molar-refractivity contribution is 0.0715. The maximum atomic E-state index is 12.9. The number of anilines is 1. The zero-order valence-corrected chi connectivity index (χ0v) is 18.2. The van der Waals surface area contributed by atoms with Crippen LogP contribution in [0.25, 0.3) is 28.2 Å². The van der Waals surface area contributed by atoms with Gasteiger partial charge in [0.25, 0.3) is 5.91 Å². The van der Waals surface area contributed by atoms with Crippen molar-refractivity contribution in [1.29, 1.82) is 0 Å². The second-order valence-corrected chi connectivity index (χ2v) is 8.50. The van der Waals surface area contributed by atoms with Crippen molar-refractivity contribution in [2.45, 2.75) is 18.9 Å². The van der Waals surface area contributed by atoms with E-state index in [2.05, 4.69) is 9.97 Å². The van der Waals surface area contributed by atoms with E-state index in [0.29, 0.717) is 29.4 Å². The number of nitrogens with two attached hydrogens (primary N) is 2. The van der Waals surface area contributed by atoms with Gasteiger partial charge in [0.1, 0.15) is 0 Å². The van der Waals surface area contributed by atoms with E-state index in [-0.39, 0.29) is 11.9 Å². The van der Waals surface area contributed by atoms with E-state index < -0.39 is 0 Å². The topological polar surface area (TPSA) is 103 Å². The largest absolute Gasteiger partial charge is 0.399 e. The molecule has 5 rings (SSSR count). The van der Waals surface area contributed by atoms with Crippen molar-refractivity contribution < 1.29 is 4.79 Å². The van der Waals surface area contributed by atoms with Crippen LogP contribution in [0.2, 0.25) is 5.02 Å². The third-order valence-electron chi connectivity index (χ3n) is 5.92. The monoisotopic (exact) mass is 446 g/mol. The van der Waals surface area contributed by atoms with Crippen molar-refractivity contribution >= 4 is 28.8 Å². The van der Waals surface area contributed by atoms with Gasteiger partial charge >= 0.3 is 0 Å². The fraction of sp³-hybridized carbons (Fsp3) is 0.208. The molecule has 2 aromatic carbocycles. The number of nitrogens with zero attached hydrogens (tertiary/aromatic N) is 4. The van der Waals surface area contributed by atoms with Gasteiger partial charge in [0.05, 0.1) is 34.4 Å². The van der Waals surface area contributed by atoms with Crippen molar-refractivity contribution in [3.05, 3.63) is 71.6 Å². The van der Waals surface area contributed by atoms with Crippen LogP contribution in [0, 0.1) is 0 Å². The minimum absolute atomic E-state index is 0.0582. The van der Waals surface area contributed by atoms with Gasteiger partial charge in [-0.2, -0.15) is 0 Å². The maximum Gasteiger partial charge on any atom is 0.255 e. The number of rotatable bonds is 3. The molecule has 1 fully saturated rings. The number of halogens is 1. The van der Waals surface area contributed by atoms with Gasteiger partial charge in [-0.05, 0) is 37.1 Å². The minimum Gasteiger partial charge on any atom is -0.399 e. The Hall–Kier alpha value is -3.42. The number of imidazole rings is 1. The molecule has 1 amide bonds. The van der Waals surface area contributed by atoms with Crippen LogP contribution in [0.5, 0.6) is 0 Å². The highest BCUT2D eigenvalue weighted by Crippen LogP contribution is 2.28. The molecule has 1 aliphatic rings. The fourth-order valence-corrected chi connectivity index (χ4v) is 4.29. The highest BCUT2D eigenvalue weighted by atomic mass is 35.5. The molecule has 1 aliphatic heterocycles. The average Bonchev–Trinajstić information content (AvgIpc) is 3.23. The Labute approximate surface area is 190 Å². The summed E-state index contributed by atoms with van der Waals surface area (Å²) in [5.74, 6) is -0.0582. The molecule has 2 aromatic heterocycles. The van der Waals surface area contributed by atoms with E-state index in [1.807, 2.05) is 52.0 Å². The predicted octanol–water partition coefficient (Wildman–Crippen LogP) is 3.86. The molecule has 0 aliphatic carbocycles. The van der Waals surface area contributed by atoms with Gasteiger partial charge in [-0.25, -0.2) is 4.98 Å². The minimum atomic E-state index is -0.0582. The van der Waals surface area contributed by atoms with Crippen LogP contribution >= 0.6 is 11.6 Å². The Morgan fingerprint density at radius 3 is 2.44 bits per heavy atom. The van der Waals surface area contributed by atoms with Crippen LogP contribution in [-0.2, 0) is 0 Å². The van der Waals surface area contributed by atoms with Gasteiger partial charge < -0.3 is 16.4 Å². The number of carbonyl (C=O) groups excluding carboxylic acids is 1. The van der Waals surface area contributed by atoms with Crippen LogP contribution in [0.3, 0.4) is 0 Å². The molecule has 8 heteroatoms. The fourth-order valence-electron chi connectivity index (χ4n) is 4.03. The first kappa shape index (κ1) is 20.5. The summed E-state index contributed by atoms with van der Waals surface area (Å²) in [7, 11) is 0. The second kappa shape index (κ2) is 8.26. The molecule has 4 N–H and O–H groups in total. The number of fused-ring (bicyclic) bond motifs is 1. The number of hydrogen-bond donors (Lipinski definition) is 2. The zero-order chi connectivity index (χ0) is 22.2. The molecule has 0 saturated carbocycles. The molecule has 0 atom stereocenters. The molecule has 4 aromatic rings. The number of benzene rings is 2. The Morgan fingerprint density at radius 2 is 1.72 bits per heavy atom. The number of piperidine rings is 1. The van der Waals surface area contributed by atoms with Crippen molar-refractivity contribution in [2.75, 3.05) is 18.8 Å². The quantitative estimate of drug-likeness (QED) is 0.465. The summed E-state index contributed by atoms with van der Waals surface area (Å²) in [6, 6.07) is 13.3. The van der Waals surface area contributed by atoms with E-state index >= 15 is 0 Å². The molecule has 0 radical (unpaired) electrons. The Balaban J connectivity index is 1.46. The second-order valence-electron chi connectivity index (χ2n) is 8.09. The Bertz CT molecular complexity index is 1290. The standard InChI is InChI=1S/C24H23ClN6O/c25-20-11-16(3-6-19(20)24(32)30-9-7-18(27)8-10-30)21-14-31-22(12-29-23(31)13-28-21)15-1-4-17(26)5-2-15/h1-6,11-14,18H,7-10,26-27H2. The number of amides is 1. The van der Waals surface area contributed by atoms with E-state index in [0.717, 1.165) is 41.0 Å². The van der Waals surface area contributed by atoms with Crippen LogP contribution < -0.4 is 11.5 Å². The molecule has 0 spiro atoms. The highest BCUT2D eigenvalue weighted by Gasteiger charge is 2.23. The summed E-state index contributed by atoms with van der Waals surface area (Å²) in [6.45, 7) is 1.32. The number of carbonyl (C=O) groups is 1. The smallest absolute Gasteiger partial charge is 0.255 e. The zero-order valence-electron chi connectivity index (χ0n) is 17.4. The third-order valence-corrected chi connectivity index (χ3v) is 6.24. The van der Waals surface area contributed by atoms with E-state index in [1.54, 1.807) is 18.3 Å². The summed E-state index contributed by atoms with van der Waals surface area (Å²) < 4.78 is 1.98. The average molecular weight is 447 g/mol. The molecular weight excluding hydrogens is 424 g/mol. The number of likely N-dealkylation sites (tertiary alicyclic amines) is 1. The lowest BCUT2D eigenvalue weighted by Crippen LogP contribution is -2.42. The molecule has 7 nitrogen and oxygen atoms in total. The summed E-state index contributed by atoms with van der Waals surface area (Å²) in [6.07, 6.45) is 7.08. The summed E-state index contributed by atoms with van der Waals surface area (Å²) in [4.78, 5) is 23.7. The lowest BCUT2D eigenvalue weighted by Gasteiger charge is -2.30. The maximum absolute atomic E-state index is 12.9. The van der Waals surface area contributed by atoms with Crippen molar-refractivity contribution in [3.8, 4) is 22.5 Å². The molecule has 3 heterocycles. The van der Waals surface area contributed by atoms with Crippen molar-refractivity contribution in [2.24, 2.45) is 5.73 Å². The third kappa shape index (κ3) is 3.81. The first-order valence-electron chi connectivity index (χ1n) is 10.5. The van der Waals surface area contributed by atoms with Crippen LogP contribution in [0.15, 0.2) is 61.1 Å². The predicted molar refractivity (Wildman–Crippen MR) is 126 cm³/mol. The highest BCUT2D eigenvalue weighted by molar-refractivity contribution is 6.34. The number of hydrogen-bond acceptors (Lipinski definition) is 5.